The number of hydrogen-bond acceptors (Lipinski definition) is 5. The number of para-hydroxylation sites is 2. The molecule has 4 aromatic heterocycles. The van der Waals surface area contributed by atoms with Crippen molar-refractivity contribution in [2.24, 2.45) is 0 Å². The van der Waals surface area contributed by atoms with Crippen LogP contribution in [-0.2, 0) is 0 Å². The van der Waals surface area contributed by atoms with Crippen LogP contribution in [0.4, 0.5) is 0 Å². The summed E-state index contributed by atoms with van der Waals surface area (Å²) in [7, 11) is 0. The zero-order valence-electron chi connectivity index (χ0n) is 33.7. The predicted molar refractivity (Wildman–Crippen MR) is 262 cm³/mol. The standard InChI is InChI=1S/C57H34N4OS/c1-3-15-35(16-4-1)55-58-56(60-57(59-55)45-25-13-23-43-42-22-10-12-28-52(42)63-54(43)45)44-24-14-27-51-53(44)47-34-37(30-32-50(47)62-51)40-20-8-7-19-39(40)36-29-31-49-46(33-36)41-21-9-11-26-48(41)61(49)38-17-5-2-6-18-38/h1-34H. The summed E-state index contributed by atoms with van der Waals surface area (Å²) in [5.41, 5.74) is 12.5. The van der Waals surface area contributed by atoms with Crippen LogP contribution in [-0.4, -0.2) is 19.5 Å². The van der Waals surface area contributed by atoms with E-state index in [-0.39, 0.29) is 0 Å². The molecule has 0 atom stereocenters. The minimum Gasteiger partial charge on any atom is -0.456 e. The molecule has 13 aromatic rings. The molecule has 0 radical (unpaired) electrons. The smallest absolute Gasteiger partial charge is 0.165 e. The second-order valence-corrected chi connectivity index (χ2v) is 17.0. The van der Waals surface area contributed by atoms with E-state index in [4.69, 9.17) is 19.4 Å². The third-order valence-electron chi connectivity index (χ3n) is 12.3. The van der Waals surface area contributed by atoms with Gasteiger partial charge >= 0.3 is 0 Å². The third kappa shape index (κ3) is 5.73. The van der Waals surface area contributed by atoms with E-state index in [1.54, 1.807) is 11.3 Å². The molecule has 5 nitrogen and oxygen atoms in total. The van der Waals surface area contributed by atoms with Gasteiger partial charge in [-0.15, -0.1) is 11.3 Å². The van der Waals surface area contributed by atoms with E-state index in [1.165, 1.54) is 37.3 Å². The molecule has 0 aliphatic carbocycles. The van der Waals surface area contributed by atoms with Crippen molar-refractivity contribution >= 4 is 75.3 Å². The zero-order valence-corrected chi connectivity index (χ0v) is 34.6. The largest absolute Gasteiger partial charge is 0.456 e. The topological polar surface area (TPSA) is 56.7 Å². The van der Waals surface area contributed by atoms with Gasteiger partial charge in [0.1, 0.15) is 11.2 Å². The van der Waals surface area contributed by atoms with Gasteiger partial charge in [-0.3, -0.25) is 0 Å². The molecule has 0 bridgehead atoms. The van der Waals surface area contributed by atoms with Crippen LogP contribution < -0.4 is 0 Å². The lowest BCUT2D eigenvalue weighted by atomic mass is 9.92. The molecule has 4 heterocycles. The van der Waals surface area contributed by atoms with Crippen LogP contribution in [0.25, 0.3) is 126 Å². The minimum atomic E-state index is 0.596. The van der Waals surface area contributed by atoms with Crippen molar-refractivity contribution in [1.29, 1.82) is 0 Å². The number of thiophene rings is 1. The first-order chi connectivity index (χ1) is 31.2. The number of furan rings is 1. The first-order valence-corrected chi connectivity index (χ1v) is 21.9. The van der Waals surface area contributed by atoms with Crippen LogP contribution in [0.5, 0.6) is 0 Å². The molecule has 0 unspecified atom stereocenters. The minimum absolute atomic E-state index is 0.596. The molecule has 0 aliphatic rings. The van der Waals surface area contributed by atoms with E-state index in [2.05, 4.69) is 180 Å². The summed E-state index contributed by atoms with van der Waals surface area (Å²) < 4.78 is 11.4. The molecular formula is C57H34N4OS. The first kappa shape index (κ1) is 35.6. The van der Waals surface area contributed by atoms with Crippen LogP contribution >= 0.6 is 11.3 Å². The van der Waals surface area contributed by atoms with Gasteiger partial charge in [-0.2, -0.15) is 0 Å². The van der Waals surface area contributed by atoms with Crippen LogP contribution in [0.1, 0.15) is 0 Å². The van der Waals surface area contributed by atoms with Crippen LogP contribution in [0, 0.1) is 0 Å². The lowest BCUT2D eigenvalue weighted by Crippen LogP contribution is -2.00. The highest BCUT2D eigenvalue weighted by Crippen LogP contribution is 2.43. The maximum Gasteiger partial charge on any atom is 0.165 e. The van der Waals surface area contributed by atoms with Crippen molar-refractivity contribution in [3.05, 3.63) is 206 Å². The molecule has 0 saturated carbocycles. The number of nitrogens with zero attached hydrogens (tertiary/aromatic N) is 4. The number of aromatic nitrogens is 4. The quantitative estimate of drug-likeness (QED) is 0.168. The molecule has 9 aromatic carbocycles. The Morgan fingerprint density at radius 1 is 0.365 bits per heavy atom. The second-order valence-electron chi connectivity index (χ2n) is 15.9. The second kappa shape index (κ2) is 14.2. The average Bonchev–Trinajstić information content (AvgIpc) is 4.04. The summed E-state index contributed by atoms with van der Waals surface area (Å²) in [6, 6.07) is 72.7. The van der Waals surface area contributed by atoms with Crippen molar-refractivity contribution in [3.8, 4) is 62.1 Å². The average molecular weight is 823 g/mol. The molecule has 0 saturated heterocycles. The Morgan fingerprint density at radius 3 is 1.78 bits per heavy atom. The van der Waals surface area contributed by atoms with E-state index in [0.29, 0.717) is 17.5 Å². The molecule has 0 spiro atoms. The Labute approximate surface area is 365 Å². The number of benzene rings is 9. The number of rotatable bonds is 6. The predicted octanol–water partition coefficient (Wildman–Crippen LogP) is 15.6. The Balaban J connectivity index is 0.982. The zero-order chi connectivity index (χ0) is 41.4. The Bertz CT molecular complexity index is 3920. The molecule has 63 heavy (non-hydrogen) atoms. The molecular weight excluding hydrogens is 789 g/mol. The van der Waals surface area contributed by atoms with E-state index in [0.717, 1.165) is 71.3 Å². The molecule has 294 valence electrons. The summed E-state index contributed by atoms with van der Waals surface area (Å²) in [6.45, 7) is 0. The molecule has 0 N–H and O–H groups in total. The van der Waals surface area contributed by atoms with Crippen molar-refractivity contribution in [1.82, 2.24) is 19.5 Å². The lowest BCUT2D eigenvalue weighted by Gasteiger charge is -2.12. The SMILES string of the molecule is c1ccc(-c2nc(-c3cccc4c3sc3ccccc34)nc(-c3cccc4oc5ccc(-c6ccccc6-c6ccc7c(c6)c6ccccc6n7-c6ccccc6)cc5c34)n2)cc1. The van der Waals surface area contributed by atoms with Crippen molar-refractivity contribution in [2.45, 2.75) is 0 Å². The monoisotopic (exact) mass is 822 g/mol. The van der Waals surface area contributed by atoms with Gasteiger partial charge in [0.05, 0.1) is 11.0 Å². The maximum absolute atomic E-state index is 6.60. The van der Waals surface area contributed by atoms with E-state index < -0.39 is 0 Å². The van der Waals surface area contributed by atoms with Crippen molar-refractivity contribution in [2.75, 3.05) is 0 Å². The van der Waals surface area contributed by atoms with Gasteiger partial charge in [0.25, 0.3) is 0 Å². The fourth-order valence-corrected chi connectivity index (χ4v) is 10.6. The van der Waals surface area contributed by atoms with Gasteiger partial charge in [0, 0.05) is 64.1 Å². The summed E-state index contributed by atoms with van der Waals surface area (Å²) in [5.74, 6) is 1.86. The van der Waals surface area contributed by atoms with Gasteiger partial charge in [0.15, 0.2) is 17.5 Å². The molecule has 0 aliphatic heterocycles. The fourth-order valence-electron chi connectivity index (χ4n) is 9.42. The van der Waals surface area contributed by atoms with Gasteiger partial charge in [-0.05, 0) is 82.9 Å². The summed E-state index contributed by atoms with van der Waals surface area (Å²) in [6.07, 6.45) is 0. The number of fused-ring (bicyclic) bond motifs is 9. The van der Waals surface area contributed by atoms with Crippen molar-refractivity contribution < 1.29 is 4.42 Å². The fraction of sp³-hybridized carbons (Fsp3) is 0. The Kier molecular flexibility index (Phi) is 8.01. The maximum atomic E-state index is 6.60. The van der Waals surface area contributed by atoms with E-state index in [9.17, 15) is 0 Å². The van der Waals surface area contributed by atoms with Gasteiger partial charge in [-0.25, -0.2) is 15.0 Å². The molecule has 0 fully saturated rings. The van der Waals surface area contributed by atoms with Gasteiger partial charge in [-0.1, -0.05) is 146 Å². The van der Waals surface area contributed by atoms with Crippen LogP contribution in [0.2, 0.25) is 0 Å². The van der Waals surface area contributed by atoms with Crippen molar-refractivity contribution in [3.63, 3.8) is 0 Å². The normalized spacial score (nSPS) is 11.8. The summed E-state index contributed by atoms with van der Waals surface area (Å²) in [5, 5.41) is 6.86. The Morgan fingerprint density at radius 2 is 0.952 bits per heavy atom. The molecule has 13 rings (SSSR count). The van der Waals surface area contributed by atoms with Crippen LogP contribution in [0.15, 0.2) is 211 Å². The first-order valence-electron chi connectivity index (χ1n) is 21.1. The summed E-state index contributed by atoms with van der Waals surface area (Å²) in [4.78, 5) is 15.7. The Hall–Kier alpha value is -8.19. The molecule has 0 amide bonds. The van der Waals surface area contributed by atoms with Gasteiger partial charge < -0.3 is 8.98 Å². The third-order valence-corrected chi connectivity index (χ3v) is 13.5. The lowest BCUT2D eigenvalue weighted by molar-refractivity contribution is 0.669. The highest BCUT2D eigenvalue weighted by atomic mass is 32.1. The highest BCUT2D eigenvalue weighted by Gasteiger charge is 2.21. The number of hydrogen-bond donors (Lipinski definition) is 0. The van der Waals surface area contributed by atoms with Crippen LogP contribution in [0.3, 0.4) is 0 Å². The molecule has 6 heteroatoms. The van der Waals surface area contributed by atoms with E-state index >= 15 is 0 Å². The summed E-state index contributed by atoms with van der Waals surface area (Å²) >= 11 is 1.78. The van der Waals surface area contributed by atoms with E-state index in [1.807, 2.05) is 30.3 Å². The van der Waals surface area contributed by atoms with Gasteiger partial charge in [0.2, 0.25) is 0 Å². The highest BCUT2D eigenvalue weighted by molar-refractivity contribution is 7.26.